The van der Waals surface area contributed by atoms with Crippen molar-refractivity contribution in [3.05, 3.63) is 22.9 Å². The van der Waals surface area contributed by atoms with E-state index in [2.05, 4.69) is 9.72 Å². The van der Waals surface area contributed by atoms with Crippen LogP contribution in [-0.4, -0.2) is 32.3 Å². The van der Waals surface area contributed by atoms with Crippen LogP contribution < -0.4 is 4.74 Å². The normalized spacial score (nSPS) is 10.5. The van der Waals surface area contributed by atoms with E-state index >= 15 is 0 Å². The Hall–Kier alpha value is -1.86. The highest BCUT2D eigenvalue weighted by atomic mass is 32.1. The second-order valence-corrected chi connectivity index (χ2v) is 4.45. The zero-order valence-electron chi connectivity index (χ0n) is 10.8. The summed E-state index contributed by atoms with van der Waals surface area (Å²) in [6.45, 7) is 0.168. The first-order valence-corrected chi connectivity index (χ1v) is 6.28. The summed E-state index contributed by atoms with van der Waals surface area (Å²) in [6.07, 6.45) is 0. The SMILES string of the molecule is COCc1nc(-c2sccc2OC)oc1C(=O)OC. The molecule has 0 fully saturated rings. The van der Waals surface area contributed by atoms with Gasteiger partial charge in [0.25, 0.3) is 0 Å². The van der Waals surface area contributed by atoms with Crippen LogP contribution in [-0.2, 0) is 16.1 Å². The van der Waals surface area contributed by atoms with Gasteiger partial charge < -0.3 is 18.6 Å². The molecule has 0 spiro atoms. The Bertz CT molecular complexity index is 574. The van der Waals surface area contributed by atoms with E-state index in [9.17, 15) is 4.79 Å². The maximum atomic E-state index is 11.6. The van der Waals surface area contributed by atoms with Gasteiger partial charge >= 0.3 is 5.97 Å². The van der Waals surface area contributed by atoms with Gasteiger partial charge in [0, 0.05) is 7.11 Å². The number of aromatic nitrogens is 1. The number of thiophene rings is 1. The van der Waals surface area contributed by atoms with Gasteiger partial charge in [-0.25, -0.2) is 9.78 Å². The summed E-state index contributed by atoms with van der Waals surface area (Å²) >= 11 is 1.41. The Labute approximate surface area is 113 Å². The zero-order valence-corrected chi connectivity index (χ0v) is 11.6. The monoisotopic (exact) mass is 283 g/mol. The van der Waals surface area contributed by atoms with Crippen LogP contribution in [0, 0.1) is 0 Å². The van der Waals surface area contributed by atoms with Crippen LogP contribution in [0.4, 0.5) is 0 Å². The Kier molecular flexibility index (Phi) is 4.18. The van der Waals surface area contributed by atoms with Crippen LogP contribution in [0.3, 0.4) is 0 Å². The lowest BCUT2D eigenvalue weighted by atomic mass is 10.3. The third-order valence-electron chi connectivity index (χ3n) is 2.39. The van der Waals surface area contributed by atoms with Crippen molar-refractivity contribution in [2.24, 2.45) is 0 Å². The van der Waals surface area contributed by atoms with Gasteiger partial charge in [0.05, 0.1) is 20.8 Å². The minimum atomic E-state index is -0.582. The number of hydrogen-bond donors (Lipinski definition) is 0. The second-order valence-electron chi connectivity index (χ2n) is 3.54. The summed E-state index contributed by atoms with van der Waals surface area (Å²) in [5.74, 6) is 0.432. The molecule has 0 radical (unpaired) electrons. The fraction of sp³-hybridized carbons (Fsp3) is 0.333. The lowest BCUT2D eigenvalue weighted by molar-refractivity contribution is 0.0559. The number of ether oxygens (including phenoxy) is 3. The number of rotatable bonds is 5. The van der Waals surface area contributed by atoms with E-state index in [4.69, 9.17) is 13.9 Å². The number of esters is 1. The molecule has 0 N–H and O–H groups in total. The summed E-state index contributed by atoms with van der Waals surface area (Å²) in [7, 11) is 4.36. The molecule has 2 heterocycles. The maximum absolute atomic E-state index is 11.6. The molecule has 0 saturated carbocycles. The minimum absolute atomic E-state index is 0.0507. The van der Waals surface area contributed by atoms with Crippen molar-refractivity contribution >= 4 is 17.3 Å². The van der Waals surface area contributed by atoms with Crippen molar-refractivity contribution in [3.63, 3.8) is 0 Å². The number of nitrogens with zero attached hydrogens (tertiary/aromatic N) is 1. The third-order valence-corrected chi connectivity index (χ3v) is 3.28. The van der Waals surface area contributed by atoms with Gasteiger partial charge in [0.15, 0.2) is 0 Å². The van der Waals surface area contributed by atoms with Crippen molar-refractivity contribution in [1.82, 2.24) is 4.98 Å². The molecule has 0 amide bonds. The lowest BCUT2D eigenvalue weighted by Gasteiger charge is -1.97. The van der Waals surface area contributed by atoms with E-state index in [0.717, 1.165) is 4.88 Å². The van der Waals surface area contributed by atoms with E-state index in [1.165, 1.54) is 25.6 Å². The first-order valence-electron chi connectivity index (χ1n) is 5.40. The van der Waals surface area contributed by atoms with Gasteiger partial charge in [0.2, 0.25) is 11.7 Å². The van der Waals surface area contributed by atoms with E-state index in [-0.39, 0.29) is 12.4 Å². The molecular weight excluding hydrogens is 270 g/mol. The maximum Gasteiger partial charge on any atom is 0.376 e. The molecule has 2 aromatic heterocycles. The highest BCUT2D eigenvalue weighted by Gasteiger charge is 2.23. The lowest BCUT2D eigenvalue weighted by Crippen LogP contribution is -2.04. The van der Waals surface area contributed by atoms with Gasteiger partial charge in [0.1, 0.15) is 16.3 Å². The molecule has 0 aromatic carbocycles. The molecule has 0 bridgehead atoms. The van der Waals surface area contributed by atoms with Crippen molar-refractivity contribution in [3.8, 4) is 16.5 Å². The molecule has 102 valence electrons. The molecule has 0 atom stereocenters. The molecule has 2 aromatic rings. The fourth-order valence-electron chi connectivity index (χ4n) is 1.55. The van der Waals surface area contributed by atoms with Gasteiger partial charge in [-0.15, -0.1) is 11.3 Å². The number of methoxy groups -OCH3 is 3. The fourth-order valence-corrected chi connectivity index (χ4v) is 2.33. The van der Waals surface area contributed by atoms with Crippen LogP contribution in [0.1, 0.15) is 16.2 Å². The summed E-state index contributed by atoms with van der Waals surface area (Å²) < 4.78 is 20.3. The van der Waals surface area contributed by atoms with Gasteiger partial charge in [-0.2, -0.15) is 0 Å². The van der Waals surface area contributed by atoms with E-state index in [1.807, 2.05) is 5.38 Å². The predicted molar refractivity (Wildman–Crippen MR) is 68.4 cm³/mol. The van der Waals surface area contributed by atoms with Gasteiger partial charge in [-0.3, -0.25) is 0 Å². The zero-order chi connectivity index (χ0) is 13.8. The van der Waals surface area contributed by atoms with E-state index < -0.39 is 5.97 Å². The summed E-state index contributed by atoms with van der Waals surface area (Å²) in [4.78, 5) is 16.6. The Morgan fingerprint density at radius 2 is 2.21 bits per heavy atom. The van der Waals surface area contributed by atoms with Crippen LogP contribution in [0.25, 0.3) is 10.8 Å². The average molecular weight is 283 g/mol. The number of carbonyl (C=O) groups is 1. The molecule has 0 unspecified atom stereocenters. The third kappa shape index (κ3) is 2.61. The number of carbonyl (C=O) groups excluding carboxylic acids is 1. The van der Waals surface area contributed by atoms with Crippen molar-refractivity contribution < 1.29 is 23.4 Å². The molecule has 0 aliphatic carbocycles. The smallest absolute Gasteiger partial charge is 0.376 e. The van der Waals surface area contributed by atoms with Gasteiger partial charge in [-0.1, -0.05) is 0 Å². The molecule has 0 aliphatic heterocycles. The molecule has 7 heteroatoms. The summed E-state index contributed by atoms with van der Waals surface area (Å²) in [6, 6.07) is 1.80. The molecule has 19 heavy (non-hydrogen) atoms. The minimum Gasteiger partial charge on any atom is -0.495 e. The quantitative estimate of drug-likeness (QED) is 0.784. The van der Waals surface area contributed by atoms with Gasteiger partial charge in [-0.05, 0) is 11.4 Å². The number of oxazole rings is 1. The van der Waals surface area contributed by atoms with E-state index in [0.29, 0.717) is 17.3 Å². The predicted octanol–water partition coefficient (Wildman–Crippen LogP) is 2.34. The Morgan fingerprint density at radius 3 is 2.84 bits per heavy atom. The molecule has 6 nitrogen and oxygen atoms in total. The van der Waals surface area contributed by atoms with Crippen molar-refractivity contribution in [1.29, 1.82) is 0 Å². The highest BCUT2D eigenvalue weighted by Crippen LogP contribution is 2.35. The van der Waals surface area contributed by atoms with E-state index in [1.54, 1.807) is 13.2 Å². The second kappa shape index (κ2) is 5.85. The molecule has 0 aliphatic rings. The molecular formula is C12H13NO5S. The summed E-state index contributed by atoms with van der Waals surface area (Å²) in [5, 5.41) is 1.85. The number of hydrogen-bond acceptors (Lipinski definition) is 7. The van der Waals surface area contributed by atoms with Crippen molar-refractivity contribution in [2.45, 2.75) is 6.61 Å². The standard InChI is InChI=1S/C12H13NO5S/c1-15-6-7-9(12(14)17-3)18-11(13-7)10-8(16-2)4-5-19-10/h4-5H,6H2,1-3H3. The molecule has 0 saturated heterocycles. The topological polar surface area (TPSA) is 70.8 Å². The Morgan fingerprint density at radius 1 is 1.42 bits per heavy atom. The first kappa shape index (κ1) is 13.6. The summed E-state index contributed by atoms with van der Waals surface area (Å²) in [5.41, 5.74) is 0.403. The van der Waals surface area contributed by atoms with Crippen molar-refractivity contribution in [2.75, 3.05) is 21.3 Å². The van der Waals surface area contributed by atoms with Crippen LogP contribution in [0.2, 0.25) is 0 Å². The largest absolute Gasteiger partial charge is 0.495 e. The highest BCUT2D eigenvalue weighted by molar-refractivity contribution is 7.13. The van der Waals surface area contributed by atoms with Crippen LogP contribution in [0.15, 0.2) is 15.9 Å². The Balaban J connectivity index is 2.45. The first-order chi connectivity index (χ1) is 9.21. The van der Waals surface area contributed by atoms with Crippen LogP contribution >= 0.6 is 11.3 Å². The average Bonchev–Trinajstić information content (AvgIpc) is 3.03. The van der Waals surface area contributed by atoms with Crippen LogP contribution in [0.5, 0.6) is 5.75 Å². The molecule has 2 rings (SSSR count).